The van der Waals surface area contributed by atoms with Crippen molar-refractivity contribution in [3.05, 3.63) is 29.8 Å². The monoisotopic (exact) mass is 257 g/mol. The molecule has 5 heteroatoms. The lowest BCUT2D eigenvalue weighted by molar-refractivity contribution is 0.340. The highest BCUT2D eigenvalue weighted by Gasteiger charge is 2.20. The second kappa shape index (κ2) is 5.48. The number of aromatic nitrogens is 4. The first-order valence-corrected chi connectivity index (χ1v) is 6.96. The fourth-order valence-corrected chi connectivity index (χ4v) is 2.57. The number of hydrogen-bond acceptors (Lipinski definition) is 4. The quantitative estimate of drug-likeness (QED) is 0.911. The summed E-state index contributed by atoms with van der Waals surface area (Å²) in [5.41, 5.74) is 2.44. The van der Waals surface area contributed by atoms with Gasteiger partial charge in [-0.3, -0.25) is 0 Å². The zero-order valence-corrected chi connectivity index (χ0v) is 11.2. The van der Waals surface area contributed by atoms with Gasteiger partial charge < -0.3 is 5.32 Å². The summed E-state index contributed by atoms with van der Waals surface area (Å²) in [7, 11) is 0. The Labute approximate surface area is 113 Å². The molecule has 3 rings (SSSR count). The number of tetrazole rings is 1. The van der Waals surface area contributed by atoms with Crippen molar-refractivity contribution in [3.63, 3.8) is 0 Å². The van der Waals surface area contributed by atoms with Crippen LogP contribution in [0.15, 0.2) is 24.3 Å². The Kier molecular flexibility index (Phi) is 3.55. The molecule has 0 aliphatic carbocycles. The van der Waals surface area contributed by atoms with Crippen LogP contribution in [0, 0.1) is 0 Å². The highest BCUT2D eigenvalue weighted by atomic mass is 15.5. The predicted molar refractivity (Wildman–Crippen MR) is 73.8 cm³/mol. The first kappa shape index (κ1) is 12.3. The Hall–Kier alpha value is -1.75. The van der Waals surface area contributed by atoms with Crippen molar-refractivity contribution < 1.29 is 0 Å². The molecule has 100 valence electrons. The number of nitrogens with zero attached hydrogens (tertiary/aromatic N) is 4. The number of aryl methyl sites for hydroxylation is 1. The van der Waals surface area contributed by atoms with Crippen LogP contribution in [0.25, 0.3) is 11.4 Å². The van der Waals surface area contributed by atoms with Gasteiger partial charge in [0.25, 0.3) is 0 Å². The van der Waals surface area contributed by atoms with Crippen LogP contribution in [0.1, 0.15) is 31.4 Å². The van der Waals surface area contributed by atoms with Gasteiger partial charge in [0.05, 0.1) is 6.04 Å². The van der Waals surface area contributed by atoms with Crippen LogP contribution >= 0.6 is 0 Å². The molecule has 1 N–H and O–H groups in total. The van der Waals surface area contributed by atoms with E-state index in [0.29, 0.717) is 6.04 Å². The van der Waals surface area contributed by atoms with Crippen LogP contribution in [0.2, 0.25) is 0 Å². The molecule has 0 amide bonds. The van der Waals surface area contributed by atoms with Crippen molar-refractivity contribution in [2.45, 2.75) is 32.2 Å². The van der Waals surface area contributed by atoms with Crippen molar-refractivity contribution in [1.29, 1.82) is 0 Å². The van der Waals surface area contributed by atoms with Crippen LogP contribution in [0.4, 0.5) is 0 Å². The molecule has 0 bridgehead atoms. The van der Waals surface area contributed by atoms with Gasteiger partial charge in [-0.15, -0.1) is 5.10 Å². The van der Waals surface area contributed by atoms with E-state index in [1.54, 1.807) is 0 Å². The summed E-state index contributed by atoms with van der Waals surface area (Å²) in [5, 5.41) is 15.6. The summed E-state index contributed by atoms with van der Waals surface area (Å²) in [5.74, 6) is 0.884. The van der Waals surface area contributed by atoms with Gasteiger partial charge in [0.1, 0.15) is 0 Å². The number of nitrogens with one attached hydrogen (secondary N) is 1. The lowest BCUT2D eigenvalue weighted by Crippen LogP contribution is -2.30. The molecule has 19 heavy (non-hydrogen) atoms. The fourth-order valence-electron chi connectivity index (χ4n) is 2.57. The lowest BCUT2D eigenvalue weighted by atomic mass is 10.1. The Morgan fingerprint density at radius 1 is 1.21 bits per heavy atom. The maximum Gasteiger partial charge on any atom is 0.182 e. The minimum Gasteiger partial charge on any atom is -0.317 e. The molecular weight excluding hydrogens is 238 g/mol. The zero-order chi connectivity index (χ0) is 13.1. The van der Waals surface area contributed by atoms with E-state index in [2.05, 4.69) is 52.0 Å². The highest BCUT2D eigenvalue weighted by molar-refractivity contribution is 5.55. The van der Waals surface area contributed by atoms with E-state index in [-0.39, 0.29) is 0 Å². The molecule has 2 aromatic rings. The SMILES string of the molecule is CCc1ccc(-c2nnnn2C2CCNCC2)cc1. The third-order valence-corrected chi connectivity index (χ3v) is 3.77. The average molecular weight is 257 g/mol. The fraction of sp³-hybridized carbons (Fsp3) is 0.500. The molecule has 0 saturated carbocycles. The molecule has 2 heterocycles. The predicted octanol–water partition coefficient (Wildman–Crippen LogP) is 1.83. The van der Waals surface area contributed by atoms with Gasteiger partial charge in [0.2, 0.25) is 0 Å². The second-order valence-corrected chi connectivity index (χ2v) is 4.98. The molecule has 1 fully saturated rings. The van der Waals surface area contributed by atoms with E-state index >= 15 is 0 Å². The van der Waals surface area contributed by atoms with Crippen molar-refractivity contribution >= 4 is 0 Å². The summed E-state index contributed by atoms with van der Waals surface area (Å²) < 4.78 is 1.99. The first-order valence-electron chi connectivity index (χ1n) is 6.96. The lowest BCUT2D eigenvalue weighted by Gasteiger charge is -2.23. The standard InChI is InChI=1S/C14H19N5/c1-2-11-3-5-12(6-4-11)14-16-17-18-19(14)13-7-9-15-10-8-13/h3-6,13,15H,2,7-10H2,1H3. The van der Waals surface area contributed by atoms with Crippen LogP contribution in [-0.2, 0) is 6.42 Å². The van der Waals surface area contributed by atoms with Crippen LogP contribution in [-0.4, -0.2) is 33.3 Å². The Morgan fingerprint density at radius 2 is 1.95 bits per heavy atom. The van der Waals surface area contributed by atoms with Gasteiger partial charge >= 0.3 is 0 Å². The zero-order valence-electron chi connectivity index (χ0n) is 11.2. The maximum atomic E-state index is 4.20. The molecule has 1 saturated heterocycles. The van der Waals surface area contributed by atoms with Crippen molar-refractivity contribution in [2.75, 3.05) is 13.1 Å². The van der Waals surface area contributed by atoms with Crippen LogP contribution < -0.4 is 5.32 Å². The van der Waals surface area contributed by atoms with Gasteiger partial charge in [-0.1, -0.05) is 31.2 Å². The molecule has 1 aliphatic rings. The molecule has 0 radical (unpaired) electrons. The summed E-state index contributed by atoms with van der Waals surface area (Å²) in [4.78, 5) is 0. The average Bonchev–Trinajstić information content (AvgIpc) is 2.98. The molecule has 1 aromatic carbocycles. The van der Waals surface area contributed by atoms with Gasteiger partial charge in [-0.2, -0.15) is 0 Å². The van der Waals surface area contributed by atoms with Crippen molar-refractivity contribution in [2.24, 2.45) is 0 Å². The molecule has 0 unspecified atom stereocenters. The number of hydrogen-bond donors (Lipinski definition) is 1. The van der Waals surface area contributed by atoms with E-state index in [0.717, 1.165) is 43.7 Å². The van der Waals surface area contributed by atoms with Crippen molar-refractivity contribution in [1.82, 2.24) is 25.5 Å². The second-order valence-electron chi connectivity index (χ2n) is 4.98. The van der Waals surface area contributed by atoms with E-state index in [1.807, 2.05) is 4.68 Å². The van der Waals surface area contributed by atoms with E-state index in [4.69, 9.17) is 0 Å². The minimum atomic E-state index is 0.414. The van der Waals surface area contributed by atoms with Crippen molar-refractivity contribution in [3.8, 4) is 11.4 Å². The third-order valence-electron chi connectivity index (χ3n) is 3.77. The molecule has 5 nitrogen and oxygen atoms in total. The van der Waals surface area contributed by atoms with Crippen LogP contribution in [0.3, 0.4) is 0 Å². The first-order chi connectivity index (χ1) is 9.38. The third kappa shape index (κ3) is 2.51. The Bertz CT molecular complexity index is 525. The van der Waals surface area contributed by atoms with Gasteiger partial charge in [-0.25, -0.2) is 4.68 Å². The largest absolute Gasteiger partial charge is 0.317 e. The normalized spacial score (nSPS) is 16.7. The summed E-state index contributed by atoms with van der Waals surface area (Å²) in [6.45, 7) is 4.24. The Balaban J connectivity index is 1.89. The topological polar surface area (TPSA) is 55.6 Å². The molecule has 0 atom stereocenters. The molecular formula is C14H19N5. The van der Waals surface area contributed by atoms with Gasteiger partial charge in [0.15, 0.2) is 5.82 Å². The summed E-state index contributed by atoms with van der Waals surface area (Å²) >= 11 is 0. The van der Waals surface area contributed by atoms with E-state index in [1.165, 1.54) is 5.56 Å². The Morgan fingerprint density at radius 3 is 2.63 bits per heavy atom. The number of rotatable bonds is 3. The molecule has 1 aliphatic heterocycles. The van der Waals surface area contributed by atoms with Crippen LogP contribution in [0.5, 0.6) is 0 Å². The van der Waals surface area contributed by atoms with E-state index in [9.17, 15) is 0 Å². The molecule has 0 spiro atoms. The minimum absolute atomic E-state index is 0.414. The summed E-state index contributed by atoms with van der Waals surface area (Å²) in [6.07, 6.45) is 3.23. The number of piperidine rings is 1. The molecule has 1 aromatic heterocycles. The highest BCUT2D eigenvalue weighted by Crippen LogP contribution is 2.24. The number of benzene rings is 1. The van der Waals surface area contributed by atoms with E-state index < -0.39 is 0 Å². The summed E-state index contributed by atoms with van der Waals surface area (Å²) in [6, 6.07) is 8.94. The smallest absolute Gasteiger partial charge is 0.182 e. The van der Waals surface area contributed by atoms with Gasteiger partial charge in [-0.05, 0) is 48.3 Å². The van der Waals surface area contributed by atoms with Gasteiger partial charge in [0, 0.05) is 5.56 Å². The maximum absolute atomic E-state index is 4.20.